The summed E-state index contributed by atoms with van der Waals surface area (Å²) < 4.78 is 16.0. The van der Waals surface area contributed by atoms with Crippen LogP contribution in [0.4, 0.5) is 0 Å². The van der Waals surface area contributed by atoms with E-state index >= 15 is 0 Å². The summed E-state index contributed by atoms with van der Waals surface area (Å²) in [7, 11) is 3.06. The SMILES string of the molecule is COc1ccc(/C(C#N)=C\c2ccc(OC(=O)c3ccccc3Cl)c(OC)c2)cc1. The molecule has 3 aromatic carbocycles. The van der Waals surface area contributed by atoms with Gasteiger partial charge in [0.05, 0.1) is 36.4 Å². The van der Waals surface area contributed by atoms with Gasteiger partial charge in [-0.3, -0.25) is 0 Å². The number of hydrogen-bond acceptors (Lipinski definition) is 5. The quantitative estimate of drug-likeness (QED) is 0.224. The summed E-state index contributed by atoms with van der Waals surface area (Å²) in [5.41, 5.74) is 2.21. The lowest BCUT2D eigenvalue weighted by Gasteiger charge is -2.11. The van der Waals surface area contributed by atoms with Gasteiger partial charge in [-0.15, -0.1) is 0 Å². The van der Waals surface area contributed by atoms with E-state index in [1.807, 2.05) is 12.1 Å². The van der Waals surface area contributed by atoms with Crippen LogP contribution >= 0.6 is 11.6 Å². The second kappa shape index (κ2) is 9.64. The topological polar surface area (TPSA) is 68.5 Å². The Morgan fingerprint density at radius 2 is 1.70 bits per heavy atom. The molecular formula is C24H18ClNO4. The zero-order valence-electron chi connectivity index (χ0n) is 16.4. The van der Waals surface area contributed by atoms with E-state index in [0.717, 1.165) is 11.1 Å². The Morgan fingerprint density at radius 3 is 2.33 bits per heavy atom. The molecule has 0 unspecified atom stereocenters. The minimum absolute atomic E-state index is 0.252. The van der Waals surface area contributed by atoms with Crippen molar-refractivity contribution < 1.29 is 19.0 Å². The second-order valence-electron chi connectivity index (χ2n) is 6.18. The number of ether oxygens (including phenoxy) is 3. The summed E-state index contributed by atoms with van der Waals surface area (Å²) in [5, 5.41) is 9.86. The molecule has 0 heterocycles. The van der Waals surface area contributed by atoms with Crippen molar-refractivity contribution >= 4 is 29.2 Å². The van der Waals surface area contributed by atoms with E-state index in [4.69, 9.17) is 25.8 Å². The second-order valence-corrected chi connectivity index (χ2v) is 6.59. The summed E-state index contributed by atoms with van der Waals surface area (Å²) in [6.07, 6.45) is 1.73. The molecule has 0 saturated heterocycles. The number of allylic oxidation sites excluding steroid dienone is 1. The molecule has 0 bridgehead atoms. The van der Waals surface area contributed by atoms with Crippen molar-refractivity contribution in [3.05, 3.63) is 88.4 Å². The summed E-state index contributed by atoms with van der Waals surface area (Å²) in [5.74, 6) is 0.735. The van der Waals surface area contributed by atoms with Gasteiger partial charge in [-0.05, 0) is 65.7 Å². The Kier molecular flexibility index (Phi) is 6.74. The predicted octanol–water partition coefficient (Wildman–Crippen LogP) is 5.64. The molecule has 0 aliphatic rings. The number of halogens is 1. The van der Waals surface area contributed by atoms with E-state index < -0.39 is 5.97 Å². The van der Waals surface area contributed by atoms with Gasteiger partial charge in [0.25, 0.3) is 0 Å². The third-order valence-electron chi connectivity index (χ3n) is 4.32. The van der Waals surface area contributed by atoms with Crippen LogP contribution in [0.25, 0.3) is 11.6 Å². The molecule has 30 heavy (non-hydrogen) atoms. The highest BCUT2D eigenvalue weighted by atomic mass is 35.5. The van der Waals surface area contributed by atoms with Gasteiger partial charge >= 0.3 is 5.97 Å². The number of nitrogens with zero attached hydrogens (tertiary/aromatic N) is 1. The number of nitriles is 1. The van der Waals surface area contributed by atoms with Crippen molar-refractivity contribution in [1.82, 2.24) is 0 Å². The highest BCUT2D eigenvalue weighted by molar-refractivity contribution is 6.33. The Balaban J connectivity index is 1.87. The minimum Gasteiger partial charge on any atom is -0.497 e. The summed E-state index contributed by atoms with van der Waals surface area (Å²) >= 11 is 6.06. The molecule has 0 aromatic heterocycles. The molecule has 0 atom stereocenters. The number of carbonyl (C=O) groups excluding carboxylic acids is 1. The molecule has 0 N–H and O–H groups in total. The zero-order chi connectivity index (χ0) is 21.5. The molecule has 0 aliphatic heterocycles. The molecule has 0 fully saturated rings. The van der Waals surface area contributed by atoms with Crippen LogP contribution < -0.4 is 14.2 Å². The fourth-order valence-corrected chi connectivity index (χ4v) is 2.97. The number of esters is 1. The highest BCUT2D eigenvalue weighted by Crippen LogP contribution is 2.31. The number of methoxy groups -OCH3 is 2. The Bertz CT molecular complexity index is 1130. The van der Waals surface area contributed by atoms with E-state index in [-0.39, 0.29) is 11.3 Å². The van der Waals surface area contributed by atoms with Crippen molar-refractivity contribution in [3.63, 3.8) is 0 Å². The van der Waals surface area contributed by atoms with E-state index in [0.29, 0.717) is 22.1 Å². The zero-order valence-corrected chi connectivity index (χ0v) is 17.1. The fraction of sp³-hybridized carbons (Fsp3) is 0.0833. The van der Waals surface area contributed by atoms with Crippen molar-refractivity contribution in [2.24, 2.45) is 0 Å². The lowest BCUT2D eigenvalue weighted by Crippen LogP contribution is -2.09. The van der Waals surface area contributed by atoms with Crippen molar-refractivity contribution in [2.45, 2.75) is 0 Å². The van der Waals surface area contributed by atoms with E-state index in [9.17, 15) is 10.1 Å². The van der Waals surface area contributed by atoms with Gasteiger partial charge in [0.15, 0.2) is 11.5 Å². The van der Waals surface area contributed by atoms with Crippen molar-refractivity contribution in [1.29, 1.82) is 5.26 Å². The largest absolute Gasteiger partial charge is 0.497 e. The first-order valence-corrected chi connectivity index (χ1v) is 9.34. The van der Waals surface area contributed by atoms with Crippen LogP contribution in [0.15, 0.2) is 66.7 Å². The predicted molar refractivity (Wildman–Crippen MR) is 116 cm³/mol. The maximum atomic E-state index is 12.4. The Morgan fingerprint density at radius 1 is 0.967 bits per heavy atom. The molecule has 0 spiro atoms. The number of benzene rings is 3. The average Bonchev–Trinajstić information content (AvgIpc) is 2.78. The van der Waals surface area contributed by atoms with Gasteiger partial charge in [0.2, 0.25) is 0 Å². The van der Waals surface area contributed by atoms with Gasteiger partial charge in [-0.2, -0.15) is 5.26 Å². The van der Waals surface area contributed by atoms with E-state index in [1.165, 1.54) is 7.11 Å². The summed E-state index contributed by atoms with van der Waals surface area (Å²) in [6, 6.07) is 21.1. The maximum Gasteiger partial charge on any atom is 0.345 e. The molecule has 0 aliphatic carbocycles. The molecule has 5 nitrogen and oxygen atoms in total. The maximum absolute atomic E-state index is 12.4. The average molecular weight is 420 g/mol. The Hall–Kier alpha value is -3.75. The van der Waals surface area contributed by atoms with Crippen LogP contribution in [-0.4, -0.2) is 20.2 Å². The number of rotatable bonds is 6. The van der Waals surface area contributed by atoms with Crippen molar-refractivity contribution in [2.75, 3.05) is 14.2 Å². The number of hydrogen-bond donors (Lipinski definition) is 0. The standard InChI is InChI=1S/C24H18ClNO4/c1-28-19-10-8-17(9-11-19)18(15-26)13-16-7-12-22(23(14-16)29-2)30-24(27)20-5-3-4-6-21(20)25/h3-14H,1-2H3/b18-13-. The lowest BCUT2D eigenvalue weighted by molar-refractivity contribution is 0.0730. The first-order valence-electron chi connectivity index (χ1n) is 8.96. The Labute approximate surface area is 179 Å². The van der Waals surface area contributed by atoms with E-state index in [1.54, 1.807) is 67.8 Å². The van der Waals surface area contributed by atoms with Gasteiger partial charge in [0, 0.05) is 0 Å². The number of carbonyl (C=O) groups is 1. The molecule has 0 saturated carbocycles. The molecule has 3 aromatic rings. The smallest absolute Gasteiger partial charge is 0.345 e. The normalized spacial score (nSPS) is 10.8. The molecule has 3 rings (SSSR count). The lowest BCUT2D eigenvalue weighted by atomic mass is 10.0. The van der Waals surface area contributed by atoms with Gasteiger partial charge in [0.1, 0.15) is 5.75 Å². The van der Waals surface area contributed by atoms with Crippen LogP contribution in [0.3, 0.4) is 0 Å². The third kappa shape index (κ3) is 4.80. The van der Waals surface area contributed by atoms with Gasteiger partial charge in [-0.1, -0.05) is 29.8 Å². The molecule has 0 radical (unpaired) electrons. The minimum atomic E-state index is -0.585. The summed E-state index contributed by atoms with van der Waals surface area (Å²) in [4.78, 5) is 12.4. The molecule has 150 valence electrons. The van der Waals surface area contributed by atoms with Crippen LogP contribution in [0, 0.1) is 11.3 Å². The summed E-state index contributed by atoms with van der Waals surface area (Å²) in [6.45, 7) is 0. The molecule has 6 heteroatoms. The fourth-order valence-electron chi connectivity index (χ4n) is 2.76. The van der Waals surface area contributed by atoms with Crippen LogP contribution in [0.2, 0.25) is 5.02 Å². The third-order valence-corrected chi connectivity index (χ3v) is 4.65. The molecule has 0 amide bonds. The first-order chi connectivity index (χ1) is 14.5. The van der Waals surface area contributed by atoms with Crippen LogP contribution in [0.1, 0.15) is 21.5 Å². The first kappa shape index (κ1) is 21.0. The monoisotopic (exact) mass is 419 g/mol. The van der Waals surface area contributed by atoms with Gasteiger partial charge in [-0.25, -0.2) is 4.79 Å². The van der Waals surface area contributed by atoms with Gasteiger partial charge < -0.3 is 14.2 Å². The highest BCUT2D eigenvalue weighted by Gasteiger charge is 2.15. The van der Waals surface area contributed by atoms with Crippen LogP contribution in [-0.2, 0) is 0 Å². The van der Waals surface area contributed by atoms with Crippen LogP contribution in [0.5, 0.6) is 17.2 Å². The van der Waals surface area contributed by atoms with E-state index in [2.05, 4.69) is 6.07 Å². The molecular weight excluding hydrogens is 402 g/mol. The van der Waals surface area contributed by atoms with Crippen molar-refractivity contribution in [3.8, 4) is 23.3 Å².